The van der Waals surface area contributed by atoms with Crippen LogP contribution < -0.4 is 10.1 Å². The first-order valence-corrected chi connectivity index (χ1v) is 7.36. The SMILES string of the molecule is CCc1sc(C(=O)Nc2ccc(OC(F)(F)F)cc2)cc1C. The van der Waals surface area contributed by atoms with Crippen molar-refractivity contribution in [2.45, 2.75) is 26.6 Å². The highest BCUT2D eigenvalue weighted by Gasteiger charge is 2.30. The molecule has 0 aliphatic carbocycles. The van der Waals surface area contributed by atoms with Crippen LogP contribution in [-0.4, -0.2) is 12.3 Å². The summed E-state index contributed by atoms with van der Waals surface area (Å²) in [5.74, 6) is -0.608. The zero-order chi connectivity index (χ0) is 16.3. The van der Waals surface area contributed by atoms with Crippen LogP contribution in [0.3, 0.4) is 0 Å². The minimum absolute atomic E-state index is 0.280. The van der Waals surface area contributed by atoms with Gasteiger partial charge in [0.2, 0.25) is 0 Å². The van der Waals surface area contributed by atoms with Gasteiger partial charge in [0.25, 0.3) is 5.91 Å². The standard InChI is InChI=1S/C15H14F3NO2S/c1-3-12-9(2)8-13(22-12)14(20)19-10-4-6-11(7-5-10)21-15(16,17)18/h4-8H,3H2,1-2H3,(H,19,20). The smallest absolute Gasteiger partial charge is 0.406 e. The van der Waals surface area contributed by atoms with Gasteiger partial charge in [-0.2, -0.15) is 0 Å². The Balaban J connectivity index is 2.05. The second kappa shape index (κ2) is 6.39. The molecule has 1 amide bonds. The van der Waals surface area contributed by atoms with Gasteiger partial charge < -0.3 is 10.1 Å². The Morgan fingerprint density at radius 3 is 2.41 bits per heavy atom. The van der Waals surface area contributed by atoms with Crippen molar-refractivity contribution in [2.24, 2.45) is 0 Å². The number of thiophene rings is 1. The van der Waals surface area contributed by atoms with Crippen LogP contribution in [0, 0.1) is 6.92 Å². The quantitative estimate of drug-likeness (QED) is 0.877. The Hall–Kier alpha value is -2.02. The summed E-state index contributed by atoms with van der Waals surface area (Å²) >= 11 is 1.41. The number of hydrogen-bond donors (Lipinski definition) is 1. The summed E-state index contributed by atoms with van der Waals surface area (Å²) in [5, 5.41) is 2.65. The second-order valence-corrected chi connectivity index (χ2v) is 5.73. The number of carbonyl (C=O) groups is 1. The lowest BCUT2D eigenvalue weighted by Crippen LogP contribution is -2.17. The van der Waals surface area contributed by atoms with E-state index in [1.807, 2.05) is 13.8 Å². The molecule has 0 saturated heterocycles. The van der Waals surface area contributed by atoms with E-state index >= 15 is 0 Å². The molecular formula is C15H14F3NO2S. The number of nitrogens with one attached hydrogen (secondary N) is 1. The number of aryl methyl sites for hydroxylation is 2. The summed E-state index contributed by atoms with van der Waals surface area (Å²) in [6.07, 6.45) is -3.87. The van der Waals surface area contributed by atoms with Gasteiger partial charge in [-0.1, -0.05) is 6.92 Å². The number of alkyl halides is 3. The van der Waals surface area contributed by atoms with Gasteiger partial charge in [-0.3, -0.25) is 4.79 Å². The van der Waals surface area contributed by atoms with Crippen LogP contribution in [0.15, 0.2) is 30.3 Å². The van der Waals surface area contributed by atoms with Crippen molar-refractivity contribution in [3.05, 3.63) is 45.6 Å². The molecule has 0 radical (unpaired) electrons. The van der Waals surface area contributed by atoms with Crippen LogP contribution in [0.4, 0.5) is 18.9 Å². The minimum atomic E-state index is -4.73. The van der Waals surface area contributed by atoms with Crippen molar-refractivity contribution < 1.29 is 22.7 Å². The van der Waals surface area contributed by atoms with Crippen molar-refractivity contribution in [3.8, 4) is 5.75 Å². The van der Waals surface area contributed by atoms with Crippen LogP contribution >= 0.6 is 11.3 Å². The highest BCUT2D eigenvalue weighted by atomic mass is 32.1. The van der Waals surface area contributed by atoms with E-state index in [1.54, 1.807) is 6.07 Å². The van der Waals surface area contributed by atoms with Gasteiger partial charge in [-0.05, 0) is 49.2 Å². The first-order chi connectivity index (χ1) is 10.3. The molecule has 0 atom stereocenters. The van der Waals surface area contributed by atoms with Gasteiger partial charge in [0.1, 0.15) is 5.75 Å². The third-order valence-corrected chi connectivity index (χ3v) is 4.29. The number of ether oxygens (including phenoxy) is 1. The zero-order valence-electron chi connectivity index (χ0n) is 12.0. The highest BCUT2D eigenvalue weighted by Crippen LogP contribution is 2.26. The van der Waals surface area contributed by atoms with Crippen LogP contribution in [0.25, 0.3) is 0 Å². The fraction of sp³-hybridized carbons (Fsp3) is 0.267. The Labute approximate surface area is 129 Å². The maximum atomic E-state index is 12.1. The van der Waals surface area contributed by atoms with Crippen molar-refractivity contribution in [1.29, 1.82) is 0 Å². The number of hydrogen-bond acceptors (Lipinski definition) is 3. The molecule has 1 aromatic heterocycles. The number of anilines is 1. The fourth-order valence-corrected chi connectivity index (χ4v) is 2.92. The number of amides is 1. The van der Waals surface area contributed by atoms with Gasteiger partial charge >= 0.3 is 6.36 Å². The lowest BCUT2D eigenvalue weighted by molar-refractivity contribution is -0.274. The highest BCUT2D eigenvalue weighted by molar-refractivity contribution is 7.14. The molecule has 3 nitrogen and oxygen atoms in total. The summed E-state index contributed by atoms with van der Waals surface area (Å²) in [7, 11) is 0. The van der Waals surface area contributed by atoms with E-state index < -0.39 is 6.36 Å². The molecule has 1 aromatic carbocycles. The minimum Gasteiger partial charge on any atom is -0.406 e. The third kappa shape index (κ3) is 4.24. The van der Waals surface area contributed by atoms with Crippen LogP contribution in [0.5, 0.6) is 5.75 Å². The van der Waals surface area contributed by atoms with Gasteiger partial charge in [0.05, 0.1) is 4.88 Å². The molecule has 0 unspecified atom stereocenters. The van der Waals surface area contributed by atoms with E-state index in [0.29, 0.717) is 10.6 Å². The first-order valence-electron chi connectivity index (χ1n) is 6.55. The number of carbonyl (C=O) groups excluding carboxylic acids is 1. The molecule has 118 valence electrons. The fourth-order valence-electron chi connectivity index (χ4n) is 1.92. The summed E-state index contributed by atoms with van der Waals surface area (Å²) < 4.78 is 39.9. The van der Waals surface area contributed by atoms with E-state index in [9.17, 15) is 18.0 Å². The first kappa shape index (κ1) is 16.4. The lowest BCUT2D eigenvalue weighted by Gasteiger charge is -2.09. The van der Waals surface area contributed by atoms with Crippen molar-refractivity contribution in [1.82, 2.24) is 0 Å². The van der Waals surface area contributed by atoms with Gasteiger partial charge in [-0.15, -0.1) is 24.5 Å². The van der Waals surface area contributed by atoms with Gasteiger partial charge in [-0.25, -0.2) is 0 Å². The van der Waals surface area contributed by atoms with Gasteiger partial charge in [0, 0.05) is 10.6 Å². The van der Waals surface area contributed by atoms with Crippen LogP contribution in [0.1, 0.15) is 27.0 Å². The molecule has 0 bridgehead atoms. The average molecular weight is 329 g/mol. The van der Waals surface area contributed by atoms with Crippen molar-refractivity contribution >= 4 is 22.9 Å². The maximum Gasteiger partial charge on any atom is 0.573 e. The molecule has 0 aliphatic heterocycles. The van der Waals surface area contributed by atoms with Gasteiger partial charge in [0.15, 0.2) is 0 Å². The molecule has 2 rings (SSSR count). The van der Waals surface area contributed by atoms with Crippen LogP contribution in [0.2, 0.25) is 0 Å². The molecule has 0 saturated carbocycles. The topological polar surface area (TPSA) is 38.3 Å². The molecule has 0 spiro atoms. The largest absolute Gasteiger partial charge is 0.573 e. The Morgan fingerprint density at radius 2 is 1.91 bits per heavy atom. The Morgan fingerprint density at radius 1 is 1.27 bits per heavy atom. The van der Waals surface area contributed by atoms with E-state index in [2.05, 4.69) is 10.1 Å². The normalized spacial score (nSPS) is 11.3. The predicted octanol–water partition coefficient (Wildman–Crippen LogP) is 4.77. The van der Waals surface area contributed by atoms with E-state index in [-0.39, 0.29) is 11.7 Å². The molecule has 22 heavy (non-hydrogen) atoms. The molecular weight excluding hydrogens is 315 g/mol. The monoisotopic (exact) mass is 329 g/mol. The van der Waals surface area contributed by atoms with Crippen molar-refractivity contribution in [2.75, 3.05) is 5.32 Å². The second-order valence-electron chi connectivity index (χ2n) is 4.60. The third-order valence-electron chi connectivity index (χ3n) is 2.91. The number of halogens is 3. The molecule has 1 heterocycles. The molecule has 0 aliphatic rings. The maximum absolute atomic E-state index is 12.1. The van der Waals surface area contributed by atoms with Crippen LogP contribution in [-0.2, 0) is 6.42 Å². The Bertz CT molecular complexity index is 662. The number of benzene rings is 1. The lowest BCUT2D eigenvalue weighted by atomic mass is 10.2. The van der Waals surface area contributed by atoms with Crippen molar-refractivity contribution in [3.63, 3.8) is 0 Å². The summed E-state index contributed by atoms with van der Waals surface area (Å²) in [6, 6.07) is 6.83. The Kier molecular flexibility index (Phi) is 4.75. The van der Waals surface area contributed by atoms with E-state index in [0.717, 1.165) is 29.0 Å². The summed E-state index contributed by atoms with van der Waals surface area (Å²) in [6.45, 7) is 3.95. The summed E-state index contributed by atoms with van der Waals surface area (Å²) in [4.78, 5) is 13.8. The molecule has 1 N–H and O–H groups in total. The molecule has 7 heteroatoms. The zero-order valence-corrected chi connectivity index (χ0v) is 12.8. The van der Waals surface area contributed by atoms with E-state index in [1.165, 1.54) is 23.5 Å². The molecule has 0 fully saturated rings. The average Bonchev–Trinajstić information content (AvgIpc) is 2.81. The molecule has 2 aromatic rings. The predicted molar refractivity (Wildman–Crippen MR) is 79.5 cm³/mol. The van der Waals surface area contributed by atoms with E-state index in [4.69, 9.17) is 0 Å². The number of rotatable bonds is 4. The summed E-state index contributed by atoms with van der Waals surface area (Å²) in [5.41, 5.74) is 1.47.